The highest BCUT2D eigenvalue weighted by Crippen LogP contribution is 2.14. The predicted molar refractivity (Wildman–Crippen MR) is 252 cm³/mol. The highest BCUT2D eigenvalue weighted by molar-refractivity contribution is 5.71. The van der Waals surface area contributed by atoms with Gasteiger partial charge in [0, 0.05) is 19.3 Å². The van der Waals surface area contributed by atoms with Crippen molar-refractivity contribution < 1.29 is 28.6 Å². The van der Waals surface area contributed by atoms with Gasteiger partial charge in [-0.25, -0.2) is 0 Å². The van der Waals surface area contributed by atoms with Gasteiger partial charge in [-0.3, -0.25) is 14.4 Å². The third-order valence-electron chi connectivity index (χ3n) is 10.8. The van der Waals surface area contributed by atoms with Gasteiger partial charge in [0.15, 0.2) is 6.10 Å². The number of hydrogen-bond acceptors (Lipinski definition) is 6. The summed E-state index contributed by atoms with van der Waals surface area (Å²) in [5.41, 5.74) is 0. The molecule has 59 heavy (non-hydrogen) atoms. The molecule has 0 bridgehead atoms. The maximum Gasteiger partial charge on any atom is 0.306 e. The molecular weight excluding hydrogens is 733 g/mol. The fourth-order valence-corrected chi connectivity index (χ4v) is 6.94. The number of esters is 3. The molecule has 6 nitrogen and oxygen atoms in total. The van der Waals surface area contributed by atoms with Crippen LogP contribution in [-0.4, -0.2) is 37.2 Å². The van der Waals surface area contributed by atoms with Crippen molar-refractivity contribution in [3.63, 3.8) is 0 Å². The molecule has 0 aromatic rings. The normalized spacial score (nSPS) is 12.4. The molecule has 0 spiro atoms. The first kappa shape index (κ1) is 56.4. The van der Waals surface area contributed by atoms with Crippen molar-refractivity contribution in [2.24, 2.45) is 0 Å². The lowest BCUT2D eigenvalue weighted by Gasteiger charge is -2.18. The van der Waals surface area contributed by atoms with E-state index in [1.807, 2.05) is 0 Å². The average molecular weight is 827 g/mol. The zero-order valence-electron chi connectivity index (χ0n) is 39.0. The van der Waals surface area contributed by atoms with Crippen molar-refractivity contribution in [2.75, 3.05) is 13.2 Å². The van der Waals surface area contributed by atoms with Crippen molar-refractivity contribution in [2.45, 2.75) is 258 Å². The standard InChI is InChI=1S/C53H94O6/c1-4-7-10-13-16-19-22-24-26-28-29-31-34-37-40-43-46-52(55)58-49-50(48-57-51(54)45-42-39-36-33-21-18-15-12-9-6-3)59-53(56)47-44-41-38-35-32-30-27-25-23-20-17-14-11-8-5-2/h15,17-18,20,23,25-26,28,50H,4-14,16,19,21-22,24,27,29-49H2,1-3H3/b18-15-,20-17-,25-23-,28-26-. The lowest BCUT2D eigenvalue weighted by atomic mass is 10.1. The van der Waals surface area contributed by atoms with Gasteiger partial charge in [-0.05, 0) is 89.9 Å². The van der Waals surface area contributed by atoms with Crippen LogP contribution in [0.4, 0.5) is 0 Å². The summed E-state index contributed by atoms with van der Waals surface area (Å²) < 4.78 is 16.7. The monoisotopic (exact) mass is 827 g/mol. The van der Waals surface area contributed by atoms with Crippen molar-refractivity contribution in [3.8, 4) is 0 Å². The molecule has 1 atom stereocenters. The van der Waals surface area contributed by atoms with Crippen molar-refractivity contribution in [1.29, 1.82) is 0 Å². The first-order valence-corrected chi connectivity index (χ1v) is 25.2. The number of unbranched alkanes of at least 4 members (excludes halogenated alkanes) is 27. The largest absolute Gasteiger partial charge is 0.462 e. The van der Waals surface area contributed by atoms with Gasteiger partial charge in [-0.15, -0.1) is 0 Å². The summed E-state index contributed by atoms with van der Waals surface area (Å²) in [6.45, 7) is 6.54. The van der Waals surface area contributed by atoms with E-state index in [0.29, 0.717) is 19.3 Å². The Balaban J connectivity index is 4.38. The van der Waals surface area contributed by atoms with Crippen LogP contribution in [0.5, 0.6) is 0 Å². The molecule has 342 valence electrons. The van der Waals surface area contributed by atoms with E-state index >= 15 is 0 Å². The Hall–Kier alpha value is -2.63. The van der Waals surface area contributed by atoms with Gasteiger partial charge in [0.25, 0.3) is 0 Å². The van der Waals surface area contributed by atoms with Gasteiger partial charge in [-0.2, -0.15) is 0 Å². The Morgan fingerprint density at radius 1 is 0.339 bits per heavy atom. The molecule has 0 radical (unpaired) electrons. The topological polar surface area (TPSA) is 78.9 Å². The van der Waals surface area contributed by atoms with E-state index in [0.717, 1.165) is 96.3 Å². The van der Waals surface area contributed by atoms with Gasteiger partial charge < -0.3 is 14.2 Å². The molecular formula is C53H94O6. The van der Waals surface area contributed by atoms with E-state index < -0.39 is 6.10 Å². The van der Waals surface area contributed by atoms with Crippen molar-refractivity contribution in [3.05, 3.63) is 48.6 Å². The lowest BCUT2D eigenvalue weighted by molar-refractivity contribution is -0.167. The second-order valence-corrected chi connectivity index (χ2v) is 16.7. The summed E-state index contributed by atoms with van der Waals surface area (Å²) in [4.78, 5) is 37.9. The first-order valence-electron chi connectivity index (χ1n) is 25.2. The van der Waals surface area contributed by atoms with Crippen LogP contribution in [0.3, 0.4) is 0 Å². The smallest absolute Gasteiger partial charge is 0.306 e. The molecule has 0 aliphatic heterocycles. The summed E-state index contributed by atoms with van der Waals surface area (Å²) in [6, 6.07) is 0. The van der Waals surface area contributed by atoms with Crippen LogP contribution in [0, 0.1) is 0 Å². The third kappa shape index (κ3) is 46.3. The molecule has 0 heterocycles. The van der Waals surface area contributed by atoms with Crippen LogP contribution < -0.4 is 0 Å². The van der Waals surface area contributed by atoms with Gasteiger partial charge in [0.05, 0.1) is 0 Å². The highest BCUT2D eigenvalue weighted by atomic mass is 16.6. The number of rotatable bonds is 45. The van der Waals surface area contributed by atoms with Gasteiger partial charge in [0.1, 0.15) is 13.2 Å². The minimum atomic E-state index is -0.784. The number of ether oxygens (including phenoxy) is 3. The maximum absolute atomic E-state index is 12.8. The first-order chi connectivity index (χ1) is 29.0. The second kappa shape index (κ2) is 48.0. The summed E-state index contributed by atoms with van der Waals surface area (Å²) in [5, 5.41) is 0. The Morgan fingerprint density at radius 3 is 1.03 bits per heavy atom. The molecule has 0 rings (SSSR count). The fourth-order valence-electron chi connectivity index (χ4n) is 6.94. The highest BCUT2D eigenvalue weighted by Gasteiger charge is 2.19. The lowest BCUT2D eigenvalue weighted by Crippen LogP contribution is -2.30. The van der Waals surface area contributed by atoms with Crippen LogP contribution in [0.15, 0.2) is 48.6 Å². The maximum atomic E-state index is 12.8. The van der Waals surface area contributed by atoms with Gasteiger partial charge in [0.2, 0.25) is 0 Å². The Morgan fingerprint density at radius 2 is 0.627 bits per heavy atom. The molecule has 0 aliphatic rings. The van der Waals surface area contributed by atoms with Crippen LogP contribution in [-0.2, 0) is 28.6 Å². The molecule has 1 unspecified atom stereocenters. The molecule has 0 aromatic heterocycles. The Kier molecular flexibility index (Phi) is 45.9. The van der Waals surface area contributed by atoms with Crippen LogP contribution in [0.25, 0.3) is 0 Å². The summed E-state index contributed by atoms with van der Waals surface area (Å²) in [7, 11) is 0. The van der Waals surface area contributed by atoms with Crippen molar-refractivity contribution in [1.82, 2.24) is 0 Å². The molecule has 0 aromatic carbocycles. The Labute approximate surface area is 365 Å². The van der Waals surface area contributed by atoms with E-state index in [9.17, 15) is 14.4 Å². The minimum absolute atomic E-state index is 0.0854. The Bertz CT molecular complexity index is 1040. The summed E-state index contributed by atoms with van der Waals surface area (Å²) >= 11 is 0. The van der Waals surface area contributed by atoms with E-state index in [4.69, 9.17) is 14.2 Å². The zero-order chi connectivity index (χ0) is 43.0. The quantitative estimate of drug-likeness (QED) is 0.0200. The molecule has 0 fully saturated rings. The van der Waals surface area contributed by atoms with E-state index in [2.05, 4.69) is 69.4 Å². The molecule has 0 aliphatic carbocycles. The van der Waals surface area contributed by atoms with Gasteiger partial charge in [-0.1, -0.05) is 191 Å². The van der Waals surface area contributed by atoms with Crippen LogP contribution in [0.1, 0.15) is 252 Å². The third-order valence-corrected chi connectivity index (χ3v) is 10.8. The number of carbonyl (C=O) groups excluding carboxylic acids is 3. The van der Waals surface area contributed by atoms with Gasteiger partial charge >= 0.3 is 17.9 Å². The van der Waals surface area contributed by atoms with Crippen LogP contribution in [0.2, 0.25) is 0 Å². The molecule has 0 saturated carbocycles. The number of hydrogen-bond donors (Lipinski definition) is 0. The second-order valence-electron chi connectivity index (χ2n) is 16.7. The molecule has 0 saturated heterocycles. The van der Waals surface area contributed by atoms with Crippen molar-refractivity contribution >= 4 is 17.9 Å². The molecule has 0 amide bonds. The number of allylic oxidation sites excluding steroid dienone is 8. The summed E-state index contributed by atoms with van der Waals surface area (Å²) in [6.07, 6.45) is 56.6. The SMILES string of the molecule is CCCC/C=C\CCCCCCC(=O)OCC(COC(=O)CCCCCCC/C=C\CCCCCCCCC)OC(=O)CCCCCCCC/C=C\C=C/CCCCC. The minimum Gasteiger partial charge on any atom is -0.462 e. The fraction of sp³-hybridized carbons (Fsp3) is 0.792. The van der Waals surface area contributed by atoms with E-state index in [1.54, 1.807) is 0 Å². The number of carbonyl (C=O) groups is 3. The van der Waals surface area contributed by atoms with Crippen LogP contribution >= 0.6 is 0 Å². The van der Waals surface area contributed by atoms with E-state index in [-0.39, 0.29) is 31.1 Å². The zero-order valence-corrected chi connectivity index (χ0v) is 39.0. The predicted octanol–water partition coefficient (Wildman–Crippen LogP) is 16.3. The average Bonchev–Trinajstić information content (AvgIpc) is 3.23. The summed E-state index contributed by atoms with van der Waals surface area (Å²) in [5.74, 6) is -0.915. The van der Waals surface area contributed by atoms with E-state index in [1.165, 1.54) is 116 Å². The molecule has 0 N–H and O–H groups in total. The molecule has 6 heteroatoms.